The van der Waals surface area contributed by atoms with Gasteiger partial charge in [0.25, 0.3) is 5.56 Å². The zero-order chi connectivity index (χ0) is 19.6. The predicted molar refractivity (Wildman–Crippen MR) is 104 cm³/mol. The minimum absolute atomic E-state index is 0.0106. The molecule has 1 amide bonds. The molecule has 0 aromatic carbocycles. The van der Waals surface area contributed by atoms with E-state index in [2.05, 4.69) is 21.8 Å². The molecule has 7 heteroatoms. The Morgan fingerprint density at radius 3 is 2.81 bits per heavy atom. The number of carbonyl (C=O) groups excluding carboxylic acids is 1. The van der Waals surface area contributed by atoms with Gasteiger partial charge in [0.1, 0.15) is 11.4 Å². The average molecular weight is 377 g/mol. The first-order valence-corrected chi connectivity index (χ1v) is 10.1. The standard InChI is InChI=1S/C20H32N4O3/c1-5-7-17-21-16-9-11-23(13-15(16)18(25)22-17)12-14-8-6-10-24(14)19(26)27-20(2,3)4/h14H,5-13H2,1-4H3,(H,21,22,25). The molecule has 1 saturated heterocycles. The van der Waals surface area contributed by atoms with Crippen molar-refractivity contribution < 1.29 is 9.53 Å². The lowest BCUT2D eigenvalue weighted by Crippen LogP contribution is -2.47. The molecule has 0 spiro atoms. The minimum atomic E-state index is -0.483. The van der Waals surface area contributed by atoms with Gasteiger partial charge in [0.15, 0.2) is 0 Å². The van der Waals surface area contributed by atoms with Gasteiger partial charge < -0.3 is 14.6 Å². The third kappa shape index (κ3) is 4.89. The van der Waals surface area contributed by atoms with E-state index in [-0.39, 0.29) is 17.7 Å². The highest BCUT2D eigenvalue weighted by Crippen LogP contribution is 2.23. The number of fused-ring (bicyclic) bond motifs is 1. The zero-order valence-electron chi connectivity index (χ0n) is 17.0. The van der Waals surface area contributed by atoms with Crippen LogP contribution >= 0.6 is 0 Å². The van der Waals surface area contributed by atoms with Crippen molar-refractivity contribution in [3.05, 3.63) is 27.4 Å². The number of nitrogens with one attached hydrogen (secondary N) is 1. The van der Waals surface area contributed by atoms with Crippen molar-refractivity contribution in [2.75, 3.05) is 19.6 Å². The van der Waals surface area contributed by atoms with Gasteiger partial charge in [0.05, 0.1) is 11.3 Å². The highest BCUT2D eigenvalue weighted by Gasteiger charge is 2.34. The molecule has 2 aliphatic rings. The van der Waals surface area contributed by atoms with Crippen molar-refractivity contribution in [3.63, 3.8) is 0 Å². The van der Waals surface area contributed by atoms with E-state index >= 15 is 0 Å². The van der Waals surface area contributed by atoms with Crippen LogP contribution in [0.5, 0.6) is 0 Å². The van der Waals surface area contributed by atoms with E-state index < -0.39 is 5.60 Å². The smallest absolute Gasteiger partial charge is 0.410 e. The second kappa shape index (κ2) is 8.00. The Morgan fingerprint density at radius 2 is 2.11 bits per heavy atom. The molecule has 1 atom stereocenters. The van der Waals surface area contributed by atoms with E-state index in [0.29, 0.717) is 6.54 Å². The number of aromatic amines is 1. The first-order valence-electron chi connectivity index (χ1n) is 10.1. The van der Waals surface area contributed by atoms with Gasteiger partial charge in [-0.1, -0.05) is 6.92 Å². The first-order chi connectivity index (χ1) is 12.8. The molecule has 0 aliphatic carbocycles. The van der Waals surface area contributed by atoms with Crippen molar-refractivity contribution in [1.29, 1.82) is 0 Å². The summed E-state index contributed by atoms with van der Waals surface area (Å²) in [5.74, 6) is 0.793. The van der Waals surface area contributed by atoms with E-state index in [0.717, 1.165) is 68.8 Å². The first kappa shape index (κ1) is 19.9. The lowest BCUT2D eigenvalue weighted by molar-refractivity contribution is 0.0191. The van der Waals surface area contributed by atoms with Gasteiger partial charge >= 0.3 is 6.09 Å². The number of hydrogen-bond acceptors (Lipinski definition) is 5. The van der Waals surface area contributed by atoms with E-state index in [1.807, 2.05) is 25.7 Å². The van der Waals surface area contributed by atoms with Gasteiger partial charge in [0.2, 0.25) is 0 Å². The van der Waals surface area contributed by atoms with Crippen LogP contribution in [-0.4, -0.2) is 57.1 Å². The summed E-state index contributed by atoms with van der Waals surface area (Å²) in [6.07, 6.45) is 4.31. The second-order valence-electron chi connectivity index (χ2n) is 8.64. The normalized spacial score (nSPS) is 20.6. The SMILES string of the molecule is CCCc1nc2c(c(=O)[nH]1)CN(CC1CCCN1C(=O)OC(C)(C)C)CC2. The number of ether oxygens (including phenoxy) is 1. The molecule has 0 saturated carbocycles. The highest BCUT2D eigenvalue weighted by atomic mass is 16.6. The van der Waals surface area contributed by atoms with E-state index in [1.165, 1.54) is 0 Å². The zero-order valence-corrected chi connectivity index (χ0v) is 17.0. The van der Waals surface area contributed by atoms with Crippen LogP contribution in [0.1, 0.15) is 64.0 Å². The van der Waals surface area contributed by atoms with Crippen LogP contribution in [0, 0.1) is 0 Å². The molecule has 2 aliphatic heterocycles. The Balaban J connectivity index is 1.65. The molecule has 150 valence electrons. The van der Waals surface area contributed by atoms with Crippen LogP contribution in [-0.2, 0) is 24.1 Å². The van der Waals surface area contributed by atoms with E-state index in [4.69, 9.17) is 4.74 Å². The van der Waals surface area contributed by atoms with Crippen LogP contribution in [0.25, 0.3) is 0 Å². The fraction of sp³-hybridized carbons (Fsp3) is 0.750. The summed E-state index contributed by atoms with van der Waals surface area (Å²) in [6.45, 7) is 10.7. The Hall–Kier alpha value is -1.89. The molecule has 0 radical (unpaired) electrons. The van der Waals surface area contributed by atoms with Crippen molar-refractivity contribution >= 4 is 6.09 Å². The molecule has 3 heterocycles. The maximum Gasteiger partial charge on any atom is 0.410 e. The number of likely N-dealkylation sites (tertiary alicyclic amines) is 1. The van der Waals surface area contributed by atoms with Crippen LogP contribution in [0.3, 0.4) is 0 Å². The molecule has 1 N–H and O–H groups in total. The molecule has 0 bridgehead atoms. The monoisotopic (exact) mass is 376 g/mol. The number of aromatic nitrogens is 2. The number of aryl methyl sites for hydroxylation is 1. The minimum Gasteiger partial charge on any atom is -0.444 e. The van der Waals surface area contributed by atoms with Crippen molar-refractivity contribution in [1.82, 2.24) is 19.8 Å². The predicted octanol–water partition coefficient (Wildman–Crippen LogP) is 2.48. The Morgan fingerprint density at radius 1 is 1.33 bits per heavy atom. The van der Waals surface area contributed by atoms with Gasteiger partial charge in [-0.3, -0.25) is 9.69 Å². The second-order valence-corrected chi connectivity index (χ2v) is 8.64. The topological polar surface area (TPSA) is 78.5 Å². The fourth-order valence-electron chi connectivity index (χ4n) is 3.93. The molecular weight excluding hydrogens is 344 g/mol. The molecular formula is C20H32N4O3. The number of rotatable bonds is 4. The summed E-state index contributed by atoms with van der Waals surface area (Å²) < 4.78 is 5.56. The number of hydrogen-bond donors (Lipinski definition) is 1. The Bertz CT molecular complexity index is 738. The van der Waals surface area contributed by atoms with Gasteiger partial charge in [-0.05, 0) is 40.0 Å². The summed E-state index contributed by atoms with van der Waals surface area (Å²) in [6, 6.07) is 0.146. The number of nitrogens with zero attached hydrogens (tertiary/aromatic N) is 3. The third-order valence-electron chi connectivity index (χ3n) is 5.16. The Labute approximate surface area is 161 Å². The summed E-state index contributed by atoms with van der Waals surface area (Å²) >= 11 is 0. The van der Waals surface area contributed by atoms with Crippen LogP contribution in [0.15, 0.2) is 4.79 Å². The number of H-pyrrole nitrogens is 1. The summed E-state index contributed by atoms with van der Waals surface area (Å²) in [5, 5.41) is 0. The highest BCUT2D eigenvalue weighted by molar-refractivity contribution is 5.69. The molecule has 1 aromatic rings. The van der Waals surface area contributed by atoms with Gasteiger partial charge in [-0.2, -0.15) is 0 Å². The molecule has 1 aromatic heterocycles. The molecule has 1 fully saturated rings. The van der Waals surface area contributed by atoms with Gasteiger partial charge in [-0.25, -0.2) is 9.78 Å². The van der Waals surface area contributed by atoms with E-state index in [1.54, 1.807) is 0 Å². The number of carbonyl (C=O) groups is 1. The van der Waals surface area contributed by atoms with Gasteiger partial charge in [0, 0.05) is 45.1 Å². The Kier molecular flexibility index (Phi) is 5.89. The molecule has 1 unspecified atom stereocenters. The quantitative estimate of drug-likeness (QED) is 0.873. The van der Waals surface area contributed by atoms with Crippen molar-refractivity contribution in [3.8, 4) is 0 Å². The molecule has 27 heavy (non-hydrogen) atoms. The van der Waals surface area contributed by atoms with E-state index in [9.17, 15) is 9.59 Å². The lowest BCUT2D eigenvalue weighted by Gasteiger charge is -2.34. The number of amides is 1. The summed E-state index contributed by atoms with van der Waals surface area (Å²) in [4.78, 5) is 36.6. The summed E-state index contributed by atoms with van der Waals surface area (Å²) in [5.41, 5.74) is 1.23. The van der Waals surface area contributed by atoms with Gasteiger partial charge in [-0.15, -0.1) is 0 Å². The molecule has 7 nitrogen and oxygen atoms in total. The van der Waals surface area contributed by atoms with Crippen LogP contribution in [0.4, 0.5) is 4.79 Å². The largest absolute Gasteiger partial charge is 0.444 e. The maximum absolute atomic E-state index is 12.5. The van der Waals surface area contributed by atoms with Crippen molar-refractivity contribution in [2.45, 2.75) is 78.0 Å². The van der Waals surface area contributed by atoms with Crippen molar-refractivity contribution in [2.24, 2.45) is 0 Å². The third-order valence-corrected chi connectivity index (χ3v) is 5.16. The molecule has 3 rings (SSSR count). The average Bonchev–Trinajstić information content (AvgIpc) is 3.02. The maximum atomic E-state index is 12.5. The van der Waals surface area contributed by atoms with Crippen LogP contribution < -0.4 is 5.56 Å². The fourth-order valence-corrected chi connectivity index (χ4v) is 3.93. The lowest BCUT2D eigenvalue weighted by atomic mass is 10.1. The van der Waals surface area contributed by atoms with Crippen LogP contribution in [0.2, 0.25) is 0 Å². The summed E-state index contributed by atoms with van der Waals surface area (Å²) in [7, 11) is 0.